The van der Waals surface area contributed by atoms with Gasteiger partial charge in [0, 0.05) is 25.0 Å². The van der Waals surface area contributed by atoms with E-state index in [1.165, 1.54) is 23.9 Å². The van der Waals surface area contributed by atoms with E-state index in [0.29, 0.717) is 10.9 Å². The lowest BCUT2D eigenvalue weighted by molar-refractivity contribution is 0.626. The molecular formula is C14H13FN2OS2. The minimum absolute atomic E-state index is 0.0271. The van der Waals surface area contributed by atoms with Crippen molar-refractivity contribution in [3.05, 3.63) is 51.7 Å². The van der Waals surface area contributed by atoms with Crippen molar-refractivity contribution >= 4 is 23.5 Å². The molecule has 6 heteroatoms. The van der Waals surface area contributed by atoms with Gasteiger partial charge in [0.15, 0.2) is 5.16 Å². The smallest absolute Gasteiger partial charge is 0.267 e. The van der Waals surface area contributed by atoms with E-state index in [9.17, 15) is 9.18 Å². The summed E-state index contributed by atoms with van der Waals surface area (Å²) in [7, 11) is 1.74. The maximum atomic E-state index is 13.1. The number of fused-ring (bicyclic) bond motifs is 1. The largest absolute Gasteiger partial charge is 0.290 e. The van der Waals surface area contributed by atoms with Crippen LogP contribution in [0.25, 0.3) is 0 Å². The Labute approximate surface area is 124 Å². The molecule has 0 radical (unpaired) electrons. The summed E-state index contributed by atoms with van der Waals surface area (Å²) in [6.07, 6.45) is 0.851. The molecule has 3 rings (SSSR count). The molecule has 0 saturated carbocycles. The predicted octanol–water partition coefficient (Wildman–Crippen LogP) is 2.86. The van der Waals surface area contributed by atoms with Crippen LogP contribution in [0.4, 0.5) is 4.39 Å². The lowest BCUT2D eigenvalue weighted by atomic mass is 10.2. The summed E-state index contributed by atoms with van der Waals surface area (Å²) < 4.78 is 14.7. The maximum Gasteiger partial charge on any atom is 0.267 e. The van der Waals surface area contributed by atoms with Gasteiger partial charge in [-0.05, 0) is 17.7 Å². The fraction of sp³-hybridized carbons (Fsp3) is 0.286. The molecule has 0 aliphatic carbocycles. The van der Waals surface area contributed by atoms with E-state index < -0.39 is 0 Å². The Hall–Kier alpha value is -1.27. The van der Waals surface area contributed by atoms with E-state index >= 15 is 0 Å². The Morgan fingerprint density at radius 1 is 1.50 bits per heavy atom. The van der Waals surface area contributed by atoms with E-state index in [4.69, 9.17) is 0 Å². The third-order valence-electron chi connectivity index (χ3n) is 3.12. The molecule has 104 valence electrons. The van der Waals surface area contributed by atoms with Gasteiger partial charge in [-0.3, -0.25) is 9.36 Å². The molecule has 0 atom stereocenters. The van der Waals surface area contributed by atoms with Crippen LogP contribution in [0.2, 0.25) is 0 Å². The van der Waals surface area contributed by atoms with Crippen molar-refractivity contribution in [3.63, 3.8) is 0 Å². The number of thioether (sulfide) groups is 2. The molecule has 0 saturated heterocycles. The van der Waals surface area contributed by atoms with Gasteiger partial charge >= 0.3 is 0 Å². The minimum atomic E-state index is -0.240. The fourth-order valence-electron chi connectivity index (χ4n) is 2.07. The van der Waals surface area contributed by atoms with Gasteiger partial charge < -0.3 is 0 Å². The second-order valence-corrected chi connectivity index (χ2v) is 6.60. The van der Waals surface area contributed by atoms with E-state index in [1.54, 1.807) is 29.4 Å². The van der Waals surface area contributed by atoms with Gasteiger partial charge in [-0.15, -0.1) is 11.8 Å². The van der Waals surface area contributed by atoms with Gasteiger partial charge in [-0.1, -0.05) is 23.9 Å². The molecule has 0 fully saturated rings. The van der Waals surface area contributed by atoms with Crippen molar-refractivity contribution < 1.29 is 4.39 Å². The minimum Gasteiger partial charge on any atom is -0.290 e. The highest BCUT2D eigenvalue weighted by molar-refractivity contribution is 7.99. The molecule has 0 unspecified atom stereocenters. The number of benzene rings is 1. The molecule has 0 N–H and O–H groups in total. The number of halogens is 1. The second kappa shape index (κ2) is 5.61. The molecule has 20 heavy (non-hydrogen) atoms. The number of nitrogens with zero attached hydrogens (tertiary/aromatic N) is 2. The zero-order valence-corrected chi connectivity index (χ0v) is 12.6. The van der Waals surface area contributed by atoms with E-state index in [2.05, 4.69) is 4.98 Å². The molecule has 1 aliphatic rings. The molecule has 1 aliphatic heterocycles. The van der Waals surface area contributed by atoms with Crippen LogP contribution in [0, 0.1) is 5.82 Å². The molecule has 2 aromatic rings. The summed E-state index contributed by atoms with van der Waals surface area (Å²) >= 11 is 3.04. The molecule has 0 bridgehead atoms. The lowest BCUT2D eigenvalue weighted by Crippen LogP contribution is -2.22. The Bertz CT molecular complexity index is 715. The van der Waals surface area contributed by atoms with E-state index in [-0.39, 0.29) is 11.4 Å². The molecule has 0 amide bonds. The monoisotopic (exact) mass is 308 g/mol. The third kappa shape index (κ3) is 2.62. The van der Waals surface area contributed by atoms with Crippen molar-refractivity contribution in [1.29, 1.82) is 0 Å². The van der Waals surface area contributed by atoms with Gasteiger partial charge in [-0.25, -0.2) is 9.37 Å². The van der Waals surface area contributed by atoms with Crippen molar-refractivity contribution in [3.8, 4) is 0 Å². The third-order valence-corrected chi connectivity index (χ3v) is 5.33. The van der Waals surface area contributed by atoms with Gasteiger partial charge in [0.2, 0.25) is 0 Å². The fourth-order valence-corrected chi connectivity index (χ4v) is 4.07. The van der Waals surface area contributed by atoms with Gasteiger partial charge in [0.05, 0.1) is 10.6 Å². The highest BCUT2D eigenvalue weighted by atomic mass is 32.2. The Morgan fingerprint density at radius 2 is 2.35 bits per heavy atom. The quantitative estimate of drug-likeness (QED) is 0.645. The maximum absolute atomic E-state index is 13.1. The average molecular weight is 308 g/mol. The molecule has 3 nitrogen and oxygen atoms in total. The zero-order valence-electron chi connectivity index (χ0n) is 10.9. The average Bonchev–Trinajstić information content (AvgIpc) is 2.90. The predicted molar refractivity (Wildman–Crippen MR) is 79.9 cm³/mol. The number of hydrogen-bond acceptors (Lipinski definition) is 4. The van der Waals surface area contributed by atoms with Gasteiger partial charge in [-0.2, -0.15) is 0 Å². The molecular weight excluding hydrogens is 295 g/mol. The Kier molecular flexibility index (Phi) is 3.85. The summed E-state index contributed by atoms with van der Waals surface area (Å²) in [5.74, 6) is 1.29. The summed E-state index contributed by atoms with van der Waals surface area (Å²) in [6, 6.07) is 6.50. The number of hydrogen-bond donors (Lipinski definition) is 0. The van der Waals surface area contributed by atoms with Crippen LogP contribution in [-0.4, -0.2) is 15.3 Å². The summed E-state index contributed by atoms with van der Waals surface area (Å²) in [4.78, 5) is 17.5. The Balaban J connectivity index is 1.85. The van der Waals surface area contributed by atoms with Crippen LogP contribution in [0.3, 0.4) is 0 Å². The van der Waals surface area contributed by atoms with Gasteiger partial charge in [0.25, 0.3) is 5.56 Å². The summed E-state index contributed by atoms with van der Waals surface area (Å²) in [6.45, 7) is 0. The lowest BCUT2D eigenvalue weighted by Gasteiger charge is -2.09. The standard InChI is InChI=1S/C14H13FN2OS2/c1-17-13(18)12-11(5-6-19-12)16-14(17)20-8-9-3-2-4-10(15)7-9/h2-4,7H,5-6,8H2,1H3. The SMILES string of the molecule is Cn1c(SCc2cccc(F)c2)nc2c(c1=O)SCC2. The summed E-state index contributed by atoms with van der Waals surface area (Å²) in [5.41, 5.74) is 1.82. The van der Waals surface area contributed by atoms with Crippen molar-refractivity contribution in [2.45, 2.75) is 22.2 Å². The highest BCUT2D eigenvalue weighted by Gasteiger charge is 2.20. The Morgan fingerprint density at radius 3 is 3.15 bits per heavy atom. The first-order valence-electron chi connectivity index (χ1n) is 6.25. The molecule has 2 heterocycles. The first-order valence-corrected chi connectivity index (χ1v) is 8.22. The molecule has 1 aromatic carbocycles. The first-order chi connectivity index (χ1) is 9.65. The van der Waals surface area contributed by atoms with E-state index in [0.717, 1.165) is 28.3 Å². The van der Waals surface area contributed by atoms with Crippen LogP contribution in [0.15, 0.2) is 39.1 Å². The molecule has 0 spiro atoms. The summed E-state index contributed by atoms with van der Waals surface area (Å²) in [5, 5.41) is 0.695. The van der Waals surface area contributed by atoms with Crippen molar-refractivity contribution in [2.75, 3.05) is 5.75 Å². The van der Waals surface area contributed by atoms with Gasteiger partial charge in [0.1, 0.15) is 5.82 Å². The van der Waals surface area contributed by atoms with E-state index in [1.807, 2.05) is 6.07 Å². The van der Waals surface area contributed by atoms with Crippen LogP contribution in [0.1, 0.15) is 11.3 Å². The van der Waals surface area contributed by atoms with Crippen molar-refractivity contribution in [2.24, 2.45) is 7.05 Å². The highest BCUT2D eigenvalue weighted by Crippen LogP contribution is 2.29. The number of aromatic nitrogens is 2. The van der Waals surface area contributed by atoms with Crippen LogP contribution >= 0.6 is 23.5 Å². The van der Waals surface area contributed by atoms with Crippen LogP contribution in [0.5, 0.6) is 0 Å². The zero-order chi connectivity index (χ0) is 14.1. The van der Waals surface area contributed by atoms with Crippen LogP contribution < -0.4 is 5.56 Å². The first kappa shape index (κ1) is 13.7. The van der Waals surface area contributed by atoms with Crippen LogP contribution in [-0.2, 0) is 19.2 Å². The number of aryl methyl sites for hydroxylation is 1. The second-order valence-electron chi connectivity index (χ2n) is 4.55. The normalized spacial score (nSPS) is 13.5. The van der Waals surface area contributed by atoms with Crippen molar-refractivity contribution in [1.82, 2.24) is 9.55 Å². The number of rotatable bonds is 3. The molecule has 1 aromatic heterocycles. The topological polar surface area (TPSA) is 34.9 Å².